The van der Waals surface area contributed by atoms with Crippen molar-refractivity contribution in [2.75, 3.05) is 0 Å². The Morgan fingerprint density at radius 3 is 2.72 bits per heavy atom. The number of aromatic nitrogens is 2. The fourth-order valence-corrected chi connectivity index (χ4v) is 3.39. The number of nitrogens with zero attached hydrogens (tertiary/aromatic N) is 2. The highest BCUT2D eigenvalue weighted by atomic mass is 19.1. The number of amides is 1. The largest absolute Gasteiger partial charge is 0.389 e. The maximum Gasteiger partial charge on any atom is 0.223 e. The SMILES string of the molecule is Cn1ccnc1C(NC(=O)CC1(O)CCCC1)c1ccc(F)cc1F. The number of imidazole rings is 1. The predicted octanol–water partition coefficient (Wildman–Crippen LogP) is 2.60. The van der Waals surface area contributed by atoms with Gasteiger partial charge in [0.15, 0.2) is 0 Å². The molecule has 7 heteroatoms. The minimum Gasteiger partial charge on any atom is -0.389 e. The van der Waals surface area contributed by atoms with Crippen LogP contribution < -0.4 is 5.32 Å². The van der Waals surface area contributed by atoms with Crippen LogP contribution in [0.2, 0.25) is 0 Å². The van der Waals surface area contributed by atoms with Gasteiger partial charge in [0.25, 0.3) is 0 Å². The van der Waals surface area contributed by atoms with E-state index in [1.807, 2.05) is 0 Å². The van der Waals surface area contributed by atoms with Crippen molar-refractivity contribution >= 4 is 5.91 Å². The Morgan fingerprint density at radius 2 is 2.12 bits per heavy atom. The molecule has 1 unspecified atom stereocenters. The zero-order chi connectivity index (χ0) is 18.0. The van der Waals surface area contributed by atoms with Crippen LogP contribution >= 0.6 is 0 Å². The van der Waals surface area contributed by atoms with Gasteiger partial charge in [0.1, 0.15) is 23.5 Å². The van der Waals surface area contributed by atoms with Crippen molar-refractivity contribution in [3.8, 4) is 0 Å². The zero-order valence-corrected chi connectivity index (χ0v) is 14.0. The first-order chi connectivity index (χ1) is 11.9. The molecule has 0 saturated heterocycles. The summed E-state index contributed by atoms with van der Waals surface area (Å²) in [6.07, 6.45) is 6.12. The van der Waals surface area contributed by atoms with E-state index in [4.69, 9.17) is 0 Å². The molecule has 2 N–H and O–H groups in total. The van der Waals surface area contributed by atoms with E-state index < -0.39 is 23.3 Å². The summed E-state index contributed by atoms with van der Waals surface area (Å²) >= 11 is 0. The van der Waals surface area contributed by atoms with E-state index >= 15 is 0 Å². The van der Waals surface area contributed by atoms with Crippen molar-refractivity contribution in [3.63, 3.8) is 0 Å². The maximum absolute atomic E-state index is 14.3. The van der Waals surface area contributed by atoms with Crippen molar-refractivity contribution in [3.05, 3.63) is 53.6 Å². The molecule has 134 valence electrons. The third-order valence-corrected chi connectivity index (χ3v) is 4.72. The number of hydrogen-bond donors (Lipinski definition) is 2. The molecule has 0 aliphatic heterocycles. The van der Waals surface area contributed by atoms with Crippen molar-refractivity contribution < 1.29 is 18.7 Å². The number of nitrogens with one attached hydrogen (secondary N) is 1. The normalized spacial score (nSPS) is 17.4. The second kappa shape index (κ2) is 6.92. The first-order valence-electron chi connectivity index (χ1n) is 8.32. The van der Waals surface area contributed by atoms with Gasteiger partial charge in [-0.1, -0.05) is 18.9 Å². The molecule has 1 aliphatic carbocycles. The van der Waals surface area contributed by atoms with Gasteiger partial charge in [0, 0.05) is 31.1 Å². The molecule has 1 saturated carbocycles. The molecule has 2 aromatic rings. The molecular weight excluding hydrogens is 328 g/mol. The Bertz CT molecular complexity index is 769. The van der Waals surface area contributed by atoms with Crippen molar-refractivity contribution in [1.29, 1.82) is 0 Å². The van der Waals surface area contributed by atoms with Crippen molar-refractivity contribution in [2.24, 2.45) is 7.05 Å². The lowest BCUT2D eigenvalue weighted by molar-refractivity contribution is -0.126. The van der Waals surface area contributed by atoms with E-state index in [1.54, 1.807) is 24.0 Å². The van der Waals surface area contributed by atoms with E-state index in [2.05, 4.69) is 10.3 Å². The standard InChI is InChI=1S/C18H21F2N3O2/c1-23-9-8-21-17(23)16(13-5-4-12(19)10-14(13)20)22-15(24)11-18(25)6-2-3-7-18/h4-5,8-10,16,25H,2-3,6-7,11H2,1H3,(H,22,24). The third kappa shape index (κ3) is 3.87. The predicted molar refractivity (Wildman–Crippen MR) is 87.6 cm³/mol. The number of aryl methyl sites for hydroxylation is 1. The average Bonchev–Trinajstić information content (AvgIpc) is 3.14. The lowest BCUT2D eigenvalue weighted by Gasteiger charge is -2.24. The van der Waals surface area contributed by atoms with Gasteiger partial charge in [0.05, 0.1) is 12.0 Å². The van der Waals surface area contributed by atoms with Gasteiger partial charge in [-0.25, -0.2) is 13.8 Å². The van der Waals surface area contributed by atoms with Crippen LogP contribution in [0.15, 0.2) is 30.6 Å². The summed E-state index contributed by atoms with van der Waals surface area (Å²) in [6, 6.07) is 2.36. The Morgan fingerprint density at radius 1 is 1.40 bits per heavy atom. The van der Waals surface area contributed by atoms with Crippen LogP contribution in [0.4, 0.5) is 8.78 Å². The molecule has 1 fully saturated rings. The lowest BCUT2D eigenvalue weighted by atomic mass is 9.97. The molecule has 1 amide bonds. The summed E-state index contributed by atoms with van der Waals surface area (Å²) in [6.45, 7) is 0. The van der Waals surface area contributed by atoms with Crippen LogP contribution in [0.25, 0.3) is 0 Å². The number of carbonyl (C=O) groups excluding carboxylic acids is 1. The number of hydrogen-bond acceptors (Lipinski definition) is 3. The summed E-state index contributed by atoms with van der Waals surface area (Å²) in [5, 5.41) is 13.2. The number of carbonyl (C=O) groups is 1. The Kier molecular flexibility index (Phi) is 4.85. The maximum atomic E-state index is 14.3. The number of aliphatic hydroxyl groups is 1. The summed E-state index contributed by atoms with van der Waals surface area (Å²) in [4.78, 5) is 16.7. The smallest absolute Gasteiger partial charge is 0.223 e. The first kappa shape index (κ1) is 17.5. The summed E-state index contributed by atoms with van der Waals surface area (Å²) < 4.78 is 29.2. The molecule has 1 heterocycles. The summed E-state index contributed by atoms with van der Waals surface area (Å²) in [5.41, 5.74) is -0.875. The first-order valence-corrected chi connectivity index (χ1v) is 8.32. The Hall–Kier alpha value is -2.28. The van der Waals surface area contributed by atoms with Gasteiger partial charge in [-0.15, -0.1) is 0 Å². The molecule has 1 aromatic heterocycles. The van der Waals surface area contributed by atoms with E-state index in [9.17, 15) is 18.7 Å². The molecule has 3 rings (SSSR count). The molecule has 1 aliphatic rings. The molecule has 25 heavy (non-hydrogen) atoms. The monoisotopic (exact) mass is 349 g/mol. The van der Waals surface area contributed by atoms with Gasteiger partial charge in [-0.2, -0.15) is 0 Å². The fraction of sp³-hybridized carbons (Fsp3) is 0.444. The number of rotatable bonds is 5. The van der Waals surface area contributed by atoms with Crippen LogP contribution in [-0.4, -0.2) is 26.2 Å². The van der Waals surface area contributed by atoms with Crippen molar-refractivity contribution in [2.45, 2.75) is 43.7 Å². The quantitative estimate of drug-likeness (QED) is 0.872. The molecule has 0 bridgehead atoms. The number of halogens is 2. The van der Waals surface area contributed by atoms with E-state index in [-0.39, 0.29) is 17.9 Å². The van der Waals surface area contributed by atoms with Gasteiger partial charge in [0.2, 0.25) is 5.91 Å². The van der Waals surface area contributed by atoms with Gasteiger partial charge < -0.3 is 15.0 Å². The van der Waals surface area contributed by atoms with Crippen LogP contribution in [-0.2, 0) is 11.8 Å². The molecule has 1 atom stereocenters. The highest BCUT2D eigenvalue weighted by Crippen LogP contribution is 2.33. The van der Waals surface area contributed by atoms with E-state index in [0.717, 1.165) is 25.0 Å². The van der Waals surface area contributed by atoms with Gasteiger partial charge in [-0.3, -0.25) is 4.79 Å². The molecular formula is C18H21F2N3O2. The van der Waals surface area contributed by atoms with Gasteiger partial charge in [-0.05, 0) is 18.9 Å². The molecule has 0 radical (unpaired) electrons. The minimum atomic E-state index is -1.00. The second-order valence-corrected chi connectivity index (χ2v) is 6.67. The van der Waals surface area contributed by atoms with Crippen LogP contribution in [0.1, 0.15) is 49.5 Å². The summed E-state index contributed by atoms with van der Waals surface area (Å²) in [5.74, 6) is -1.40. The highest BCUT2D eigenvalue weighted by Gasteiger charge is 2.34. The van der Waals surface area contributed by atoms with Crippen LogP contribution in [0.3, 0.4) is 0 Å². The van der Waals surface area contributed by atoms with Gasteiger partial charge >= 0.3 is 0 Å². The molecule has 1 aromatic carbocycles. The van der Waals surface area contributed by atoms with E-state index in [0.29, 0.717) is 18.7 Å². The van der Waals surface area contributed by atoms with E-state index in [1.165, 1.54) is 6.07 Å². The molecule has 0 spiro atoms. The fourth-order valence-electron chi connectivity index (χ4n) is 3.39. The second-order valence-electron chi connectivity index (χ2n) is 6.67. The molecule has 5 nitrogen and oxygen atoms in total. The minimum absolute atomic E-state index is 0.0449. The summed E-state index contributed by atoms with van der Waals surface area (Å²) in [7, 11) is 1.73. The lowest BCUT2D eigenvalue weighted by Crippen LogP contribution is -2.37. The van der Waals surface area contributed by atoms with Crippen LogP contribution in [0, 0.1) is 11.6 Å². The van der Waals surface area contributed by atoms with Crippen molar-refractivity contribution in [1.82, 2.24) is 14.9 Å². The number of benzene rings is 1. The third-order valence-electron chi connectivity index (χ3n) is 4.72. The highest BCUT2D eigenvalue weighted by molar-refractivity contribution is 5.78. The Balaban J connectivity index is 1.87. The van der Waals surface area contributed by atoms with Crippen LogP contribution in [0.5, 0.6) is 0 Å². The Labute approximate surface area is 144 Å². The average molecular weight is 349 g/mol. The topological polar surface area (TPSA) is 67.2 Å². The zero-order valence-electron chi connectivity index (χ0n) is 14.0.